The van der Waals surface area contributed by atoms with E-state index >= 15 is 0 Å². The van der Waals surface area contributed by atoms with Crippen LogP contribution >= 0.6 is 12.4 Å². The van der Waals surface area contributed by atoms with Gasteiger partial charge in [0.2, 0.25) is 11.8 Å². The number of aryl methyl sites for hydroxylation is 3. The molecule has 1 aliphatic rings. The molecule has 3 rings (SSSR count). The average molecular weight is 328 g/mol. The summed E-state index contributed by atoms with van der Waals surface area (Å²) in [6.45, 7) is 2.85. The van der Waals surface area contributed by atoms with Crippen LogP contribution in [-0.2, 0) is 12.8 Å². The van der Waals surface area contributed by atoms with Gasteiger partial charge in [0.1, 0.15) is 0 Å². The first-order valence-electron chi connectivity index (χ1n) is 7.66. The van der Waals surface area contributed by atoms with Crippen LogP contribution in [0, 0.1) is 6.92 Å². The predicted molar refractivity (Wildman–Crippen MR) is 81.8 cm³/mol. The van der Waals surface area contributed by atoms with Gasteiger partial charge in [0.05, 0.1) is 6.04 Å². The Morgan fingerprint density at radius 2 is 1.82 bits per heavy atom. The third-order valence-corrected chi connectivity index (χ3v) is 3.71. The normalized spacial score (nSPS) is 18.7. The molecule has 3 heterocycles. The molecule has 122 valence electrons. The second-order valence-electron chi connectivity index (χ2n) is 5.49. The second kappa shape index (κ2) is 8.24. The smallest absolute Gasteiger partial charge is 0.226 e. The summed E-state index contributed by atoms with van der Waals surface area (Å²) in [5, 5.41) is 11.4. The van der Waals surface area contributed by atoms with Gasteiger partial charge in [-0.25, -0.2) is 0 Å². The Morgan fingerprint density at radius 1 is 1.05 bits per heavy atom. The van der Waals surface area contributed by atoms with Gasteiger partial charge < -0.3 is 14.4 Å². The highest BCUT2D eigenvalue weighted by molar-refractivity contribution is 5.85. The molecule has 7 nitrogen and oxygen atoms in total. The molecule has 2 aromatic rings. The number of nitrogens with zero attached hydrogens (tertiary/aromatic N) is 4. The number of aromatic nitrogens is 4. The highest BCUT2D eigenvalue weighted by Crippen LogP contribution is 2.20. The lowest BCUT2D eigenvalue weighted by atomic mass is 10.1. The molecule has 22 heavy (non-hydrogen) atoms. The highest BCUT2D eigenvalue weighted by Gasteiger charge is 2.19. The molecule has 0 spiro atoms. The number of nitrogens with one attached hydrogen (secondary N) is 1. The molecule has 1 aliphatic heterocycles. The Kier molecular flexibility index (Phi) is 6.33. The van der Waals surface area contributed by atoms with Gasteiger partial charge in [0, 0.05) is 12.8 Å². The van der Waals surface area contributed by atoms with E-state index in [2.05, 4.69) is 25.6 Å². The van der Waals surface area contributed by atoms with E-state index in [0.717, 1.165) is 38.1 Å². The Balaban J connectivity index is 0.00000176. The van der Waals surface area contributed by atoms with Gasteiger partial charge in [0.15, 0.2) is 11.6 Å². The summed E-state index contributed by atoms with van der Waals surface area (Å²) >= 11 is 0. The fourth-order valence-electron chi connectivity index (χ4n) is 2.59. The van der Waals surface area contributed by atoms with E-state index in [9.17, 15) is 0 Å². The largest absolute Gasteiger partial charge is 0.339 e. The van der Waals surface area contributed by atoms with Crippen molar-refractivity contribution < 1.29 is 9.05 Å². The average Bonchev–Trinajstić information content (AvgIpc) is 3.01. The van der Waals surface area contributed by atoms with Crippen molar-refractivity contribution in [1.29, 1.82) is 0 Å². The Morgan fingerprint density at radius 3 is 2.59 bits per heavy atom. The summed E-state index contributed by atoms with van der Waals surface area (Å²) in [5.41, 5.74) is 0. The number of halogens is 1. The zero-order valence-corrected chi connectivity index (χ0v) is 13.6. The maximum absolute atomic E-state index is 5.33. The third-order valence-electron chi connectivity index (χ3n) is 3.71. The van der Waals surface area contributed by atoms with E-state index in [1.54, 1.807) is 0 Å². The molecular formula is C14H22ClN5O2. The van der Waals surface area contributed by atoms with Crippen LogP contribution in [-0.4, -0.2) is 26.8 Å². The van der Waals surface area contributed by atoms with Crippen LogP contribution in [0.5, 0.6) is 0 Å². The van der Waals surface area contributed by atoms with Crippen molar-refractivity contribution in [3.63, 3.8) is 0 Å². The quantitative estimate of drug-likeness (QED) is 0.902. The van der Waals surface area contributed by atoms with Gasteiger partial charge in [-0.15, -0.1) is 12.4 Å². The molecule has 1 fully saturated rings. The molecule has 0 amide bonds. The third kappa shape index (κ3) is 4.51. The summed E-state index contributed by atoms with van der Waals surface area (Å²) < 4.78 is 10.4. The number of rotatable bonds is 5. The summed E-state index contributed by atoms with van der Waals surface area (Å²) in [5.74, 6) is 2.81. The minimum absolute atomic E-state index is 0. The van der Waals surface area contributed by atoms with Crippen LogP contribution in [0.25, 0.3) is 0 Å². The molecule has 8 heteroatoms. The van der Waals surface area contributed by atoms with E-state index in [4.69, 9.17) is 9.05 Å². The molecule has 0 aromatic carbocycles. The van der Waals surface area contributed by atoms with E-state index < -0.39 is 0 Å². The Labute approximate surface area is 135 Å². The van der Waals surface area contributed by atoms with Gasteiger partial charge in [0.25, 0.3) is 0 Å². The van der Waals surface area contributed by atoms with Crippen LogP contribution < -0.4 is 5.32 Å². The Hall–Kier alpha value is -1.47. The molecule has 2 aromatic heterocycles. The lowest BCUT2D eigenvalue weighted by Gasteiger charge is -2.09. The summed E-state index contributed by atoms with van der Waals surface area (Å²) in [4.78, 5) is 8.68. The SMILES string of the molecule is Cc1noc(CCCc2nc(C3CCCCCN3)no2)n1.Cl. The van der Waals surface area contributed by atoms with Crippen LogP contribution in [0.15, 0.2) is 9.05 Å². The maximum atomic E-state index is 5.33. The standard InChI is InChI=1S/C14H21N5O2.ClH/c1-10-16-12(20-18-10)7-5-8-13-17-14(19-21-13)11-6-3-2-4-9-15-11;/h11,15H,2-9H2,1H3;1H. The van der Waals surface area contributed by atoms with Gasteiger partial charge in [-0.2, -0.15) is 9.97 Å². The van der Waals surface area contributed by atoms with E-state index in [-0.39, 0.29) is 18.4 Å². The molecule has 0 aliphatic carbocycles. The van der Waals surface area contributed by atoms with Crippen LogP contribution in [0.3, 0.4) is 0 Å². The van der Waals surface area contributed by atoms with Crippen molar-refractivity contribution in [2.45, 2.75) is 57.9 Å². The molecular weight excluding hydrogens is 306 g/mol. The van der Waals surface area contributed by atoms with E-state index in [1.165, 1.54) is 19.3 Å². The minimum atomic E-state index is 0. The van der Waals surface area contributed by atoms with Crippen LogP contribution in [0.1, 0.15) is 61.6 Å². The second-order valence-corrected chi connectivity index (χ2v) is 5.49. The fourth-order valence-corrected chi connectivity index (χ4v) is 2.59. The monoisotopic (exact) mass is 327 g/mol. The first-order chi connectivity index (χ1) is 10.3. The van der Waals surface area contributed by atoms with Crippen molar-refractivity contribution in [2.24, 2.45) is 0 Å². The molecule has 1 N–H and O–H groups in total. The first-order valence-corrected chi connectivity index (χ1v) is 7.66. The molecule has 1 saturated heterocycles. The van der Waals surface area contributed by atoms with Crippen molar-refractivity contribution >= 4 is 12.4 Å². The fraction of sp³-hybridized carbons (Fsp3) is 0.714. The van der Waals surface area contributed by atoms with Crippen molar-refractivity contribution in [1.82, 2.24) is 25.6 Å². The molecule has 1 unspecified atom stereocenters. The van der Waals surface area contributed by atoms with E-state index in [0.29, 0.717) is 17.6 Å². The number of hydrogen-bond donors (Lipinski definition) is 1. The maximum Gasteiger partial charge on any atom is 0.226 e. The zero-order chi connectivity index (χ0) is 14.5. The summed E-state index contributed by atoms with van der Waals surface area (Å²) in [7, 11) is 0. The lowest BCUT2D eigenvalue weighted by molar-refractivity contribution is 0.351. The van der Waals surface area contributed by atoms with Crippen LogP contribution in [0.4, 0.5) is 0 Å². The van der Waals surface area contributed by atoms with Gasteiger partial charge >= 0.3 is 0 Å². The topological polar surface area (TPSA) is 89.9 Å². The highest BCUT2D eigenvalue weighted by atomic mass is 35.5. The molecule has 0 saturated carbocycles. The van der Waals surface area contributed by atoms with Crippen molar-refractivity contribution in [3.8, 4) is 0 Å². The lowest BCUT2D eigenvalue weighted by Crippen LogP contribution is -2.21. The number of hydrogen-bond acceptors (Lipinski definition) is 7. The van der Waals surface area contributed by atoms with Gasteiger partial charge in [-0.05, 0) is 32.7 Å². The van der Waals surface area contributed by atoms with Crippen molar-refractivity contribution in [2.75, 3.05) is 6.54 Å². The van der Waals surface area contributed by atoms with Gasteiger partial charge in [-0.1, -0.05) is 23.2 Å². The van der Waals surface area contributed by atoms with Crippen molar-refractivity contribution in [3.05, 3.63) is 23.4 Å². The van der Waals surface area contributed by atoms with Crippen LogP contribution in [0.2, 0.25) is 0 Å². The predicted octanol–water partition coefficient (Wildman–Crippen LogP) is 2.56. The zero-order valence-electron chi connectivity index (χ0n) is 12.7. The molecule has 1 atom stereocenters. The minimum Gasteiger partial charge on any atom is -0.339 e. The van der Waals surface area contributed by atoms with Gasteiger partial charge in [-0.3, -0.25) is 0 Å². The summed E-state index contributed by atoms with van der Waals surface area (Å²) in [6.07, 6.45) is 7.14. The summed E-state index contributed by atoms with van der Waals surface area (Å²) in [6, 6.07) is 0.239. The molecule has 0 radical (unpaired) electrons. The molecule has 0 bridgehead atoms. The Bertz CT molecular complexity index is 563. The van der Waals surface area contributed by atoms with E-state index in [1.807, 2.05) is 6.92 Å². The first kappa shape index (κ1) is 16.9.